The van der Waals surface area contributed by atoms with Crippen molar-refractivity contribution in [1.82, 2.24) is 9.80 Å². The monoisotopic (exact) mass is 444 g/mol. The summed E-state index contributed by atoms with van der Waals surface area (Å²) in [4.78, 5) is 29.1. The molecule has 0 bridgehead atoms. The smallest absolute Gasteiger partial charge is 0.222 e. The lowest BCUT2D eigenvalue weighted by molar-refractivity contribution is -0.142. The Hall–Kier alpha value is -1.22. The van der Waals surface area contributed by atoms with E-state index in [2.05, 4.69) is 20.8 Å². The maximum Gasteiger partial charge on any atom is 0.222 e. The summed E-state index contributed by atoms with van der Waals surface area (Å²) in [5.74, 6) is 0.331. The third kappa shape index (κ3) is 9.85. The molecule has 1 heterocycles. The van der Waals surface area contributed by atoms with Gasteiger partial charge < -0.3 is 29.5 Å². The Labute approximate surface area is 187 Å². The normalized spacial score (nSPS) is 27.2. The molecule has 1 rings (SSSR count). The van der Waals surface area contributed by atoms with Crippen molar-refractivity contribution in [3.8, 4) is 0 Å². The van der Waals surface area contributed by atoms with E-state index in [4.69, 9.17) is 9.47 Å². The van der Waals surface area contributed by atoms with Crippen LogP contribution in [0.5, 0.6) is 0 Å². The number of carbonyl (C=O) groups excluding carboxylic acids is 2. The fourth-order valence-corrected chi connectivity index (χ4v) is 3.99. The first-order valence-electron chi connectivity index (χ1n) is 11.7. The van der Waals surface area contributed by atoms with Gasteiger partial charge in [0.2, 0.25) is 11.8 Å². The molecule has 0 radical (unpaired) electrons. The number of aliphatic hydroxyl groups is 2. The molecule has 0 aliphatic carbocycles. The fourth-order valence-electron chi connectivity index (χ4n) is 3.99. The van der Waals surface area contributed by atoms with Crippen molar-refractivity contribution in [3.05, 3.63) is 0 Å². The maximum absolute atomic E-state index is 13.1. The Morgan fingerprint density at radius 2 is 1.90 bits per heavy atom. The second-order valence-corrected chi connectivity index (χ2v) is 9.01. The van der Waals surface area contributed by atoms with Gasteiger partial charge in [0.25, 0.3) is 0 Å². The van der Waals surface area contributed by atoms with Crippen molar-refractivity contribution in [3.63, 3.8) is 0 Å². The van der Waals surface area contributed by atoms with Crippen molar-refractivity contribution >= 4 is 11.8 Å². The number of methoxy groups -OCH3 is 1. The highest BCUT2D eigenvalue weighted by atomic mass is 16.5. The fraction of sp³-hybridized carbons (Fsp3) is 0.913. The zero-order chi connectivity index (χ0) is 23.4. The summed E-state index contributed by atoms with van der Waals surface area (Å²) >= 11 is 0. The van der Waals surface area contributed by atoms with Gasteiger partial charge in [-0.2, -0.15) is 0 Å². The van der Waals surface area contributed by atoms with E-state index in [1.165, 1.54) is 14.0 Å². The number of amides is 2. The molecule has 4 atom stereocenters. The second-order valence-electron chi connectivity index (χ2n) is 9.01. The van der Waals surface area contributed by atoms with Crippen LogP contribution in [0.1, 0.15) is 66.2 Å². The van der Waals surface area contributed by atoms with Crippen LogP contribution in [0.2, 0.25) is 0 Å². The van der Waals surface area contributed by atoms with E-state index in [0.29, 0.717) is 32.0 Å². The van der Waals surface area contributed by atoms with Crippen LogP contribution in [-0.4, -0.2) is 96.1 Å². The molecule has 2 N–H and O–H groups in total. The molecular weight excluding hydrogens is 400 g/mol. The van der Waals surface area contributed by atoms with E-state index in [1.807, 2.05) is 4.90 Å². The number of ether oxygens (including phenoxy) is 2. The largest absolute Gasteiger partial charge is 0.388 e. The Kier molecular flexibility index (Phi) is 13.3. The average Bonchev–Trinajstić information content (AvgIpc) is 2.72. The lowest BCUT2D eigenvalue weighted by atomic mass is 9.99. The molecule has 0 spiro atoms. The highest BCUT2D eigenvalue weighted by molar-refractivity contribution is 5.77. The van der Waals surface area contributed by atoms with Gasteiger partial charge in [0.1, 0.15) is 18.3 Å². The van der Waals surface area contributed by atoms with Gasteiger partial charge in [-0.05, 0) is 31.6 Å². The second kappa shape index (κ2) is 14.8. The predicted molar refractivity (Wildman–Crippen MR) is 120 cm³/mol. The maximum atomic E-state index is 13.1. The molecule has 182 valence electrons. The summed E-state index contributed by atoms with van der Waals surface area (Å²) in [6, 6.07) is -0.114. The van der Waals surface area contributed by atoms with Crippen molar-refractivity contribution in [2.75, 3.05) is 40.0 Å². The Morgan fingerprint density at radius 1 is 1.19 bits per heavy atom. The molecule has 2 amide bonds. The van der Waals surface area contributed by atoms with Crippen LogP contribution in [-0.2, 0) is 19.1 Å². The number of aliphatic hydroxyl groups excluding tert-OH is 2. The molecule has 1 fully saturated rings. The van der Waals surface area contributed by atoms with Crippen molar-refractivity contribution < 1.29 is 29.3 Å². The summed E-state index contributed by atoms with van der Waals surface area (Å²) in [7, 11) is 1.45. The zero-order valence-corrected chi connectivity index (χ0v) is 20.1. The molecule has 8 heteroatoms. The standard InChI is InChI=1S/C23H44N2O6/c1-6-7-10-22(28)25-11-8-9-12-31-16-20(27)23(29)21(30-5)15-24(18(4)26)14-19(25)13-17(2)3/h17,19-21,23,27,29H,6-16H2,1-5H3/t19-,20-,21-,23-/m1/s1. The van der Waals surface area contributed by atoms with Gasteiger partial charge in [-0.25, -0.2) is 0 Å². The van der Waals surface area contributed by atoms with E-state index in [-0.39, 0.29) is 31.0 Å². The minimum absolute atomic E-state index is 0.00375. The molecule has 1 aliphatic heterocycles. The zero-order valence-electron chi connectivity index (χ0n) is 20.1. The van der Waals surface area contributed by atoms with E-state index < -0.39 is 18.3 Å². The topological polar surface area (TPSA) is 99.5 Å². The third-order valence-corrected chi connectivity index (χ3v) is 5.83. The highest BCUT2D eigenvalue weighted by Crippen LogP contribution is 2.19. The van der Waals surface area contributed by atoms with E-state index in [1.54, 1.807) is 4.90 Å². The lowest BCUT2D eigenvalue weighted by Crippen LogP contribution is -2.53. The van der Waals surface area contributed by atoms with Gasteiger partial charge in [0.15, 0.2) is 0 Å². The minimum Gasteiger partial charge on any atom is -0.388 e. The molecule has 8 nitrogen and oxygen atoms in total. The number of carbonyl (C=O) groups is 2. The van der Waals surface area contributed by atoms with Crippen LogP contribution < -0.4 is 0 Å². The van der Waals surface area contributed by atoms with Crippen molar-refractivity contribution in [1.29, 1.82) is 0 Å². The van der Waals surface area contributed by atoms with Gasteiger partial charge in [-0.15, -0.1) is 0 Å². The number of rotatable bonds is 6. The molecule has 0 aromatic heterocycles. The molecule has 31 heavy (non-hydrogen) atoms. The van der Waals surface area contributed by atoms with Crippen LogP contribution >= 0.6 is 0 Å². The van der Waals surface area contributed by atoms with Gasteiger partial charge in [0.05, 0.1) is 6.61 Å². The summed E-state index contributed by atoms with van der Waals surface area (Å²) in [5, 5.41) is 20.8. The average molecular weight is 445 g/mol. The van der Waals surface area contributed by atoms with Crippen LogP contribution in [0.25, 0.3) is 0 Å². The SMILES string of the molecule is CCCCC(=O)N1CCCCOC[C@@H](O)[C@@H](O)[C@H](OC)CN(C(C)=O)C[C@H]1CC(C)C. The van der Waals surface area contributed by atoms with Crippen LogP contribution in [0.15, 0.2) is 0 Å². The molecule has 1 aliphatic rings. The van der Waals surface area contributed by atoms with E-state index in [9.17, 15) is 19.8 Å². The molecule has 0 saturated carbocycles. The number of unbranched alkanes of at least 4 members (excludes halogenated alkanes) is 1. The molecule has 0 unspecified atom stereocenters. The predicted octanol–water partition coefficient (Wildman–Crippen LogP) is 1.82. The van der Waals surface area contributed by atoms with E-state index in [0.717, 1.165) is 32.1 Å². The van der Waals surface area contributed by atoms with Crippen LogP contribution in [0.3, 0.4) is 0 Å². The quantitative estimate of drug-likeness (QED) is 0.648. The summed E-state index contributed by atoms with van der Waals surface area (Å²) < 4.78 is 10.9. The molecule has 0 aromatic rings. The van der Waals surface area contributed by atoms with E-state index >= 15 is 0 Å². The van der Waals surface area contributed by atoms with Gasteiger partial charge in [-0.1, -0.05) is 27.2 Å². The number of hydrogen-bond donors (Lipinski definition) is 2. The first-order chi connectivity index (χ1) is 14.7. The number of hydrogen-bond acceptors (Lipinski definition) is 6. The third-order valence-electron chi connectivity index (χ3n) is 5.83. The van der Waals surface area contributed by atoms with Crippen molar-refractivity contribution in [2.45, 2.75) is 90.6 Å². The first kappa shape index (κ1) is 27.8. The van der Waals surface area contributed by atoms with Gasteiger partial charge >= 0.3 is 0 Å². The minimum atomic E-state index is -1.18. The highest BCUT2D eigenvalue weighted by Gasteiger charge is 2.32. The first-order valence-corrected chi connectivity index (χ1v) is 11.7. The van der Waals surface area contributed by atoms with Crippen molar-refractivity contribution in [2.24, 2.45) is 5.92 Å². The summed E-state index contributed by atoms with van der Waals surface area (Å²) in [5.41, 5.74) is 0. The van der Waals surface area contributed by atoms with Crippen LogP contribution in [0, 0.1) is 5.92 Å². The van der Waals surface area contributed by atoms with Gasteiger partial charge in [-0.3, -0.25) is 9.59 Å². The Balaban J connectivity index is 3.19. The summed E-state index contributed by atoms with van der Waals surface area (Å²) in [6.45, 7) is 9.36. The summed E-state index contributed by atoms with van der Waals surface area (Å²) in [6.07, 6.45) is 1.59. The molecule has 0 aromatic carbocycles. The Morgan fingerprint density at radius 3 is 2.48 bits per heavy atom. The molecular formula is C23H44N2O6. The lowest BCUT2D eigenvalue weighted by Gasteiger charge is -2.38. The van der Waals surface area contributed by atoms with Crippen LogP contribution in [0.4, 0.5) is 0 Å². The Bertz CT molecular complexity index is 530. The van der Waals surface area contributed by atoms with Gasteiger partial charge in [0, 0.05) is 52.7 Å². The number of nitrogens with zero attached hydrogens (tertiary/aromatic N) is 2. The molecule has 1 saturated heterocycles.